The molecule has 0 saturated heterocycles. The lowest BCUT2D eigenvalue weighted by molar-refractivity contribution is -0.0715. The van der Waals surface area contributed by atoms with Gasteiger partial charge < -0.3 is 9.84 Å². The van der Waals surface area contributed by atoms with Crippen molar-refractivity contribution in [2.75, 3.05) is 7.11 Å². The van der Waals surface area contributed by atoms with E-state index in [9.17, 15) is 5.11 Å². The first-order valence-corrected chi connectivity index (χ1v) is 5.29. The van der Waals surface area contributed by atoms with Crippen LogP contribution >= 0.6 is 0 Å². The number of hydrogen-bond donors (Lipinski definition) is 1. The van der Waals surface area contributed by atoms with Crippen LogP contribution in [0.15, 0.2) is 0 Å². The molecule has 0 aromatic carbocycles. The molecular weight excluding hydrogens is 176 g/mol. The zero-order valence-electron chi connectivity index (χ0n) is 10.8. The topological polar surface area (TPSA) is 29.5 Å². The van der Waals surface area contributed by atoms with Crippen LogP contribution in [0, 0.1) is 5.41 Å². The maximum Gasteiger partial charge on any atom is 0.0668 e. The third-order valence-corrected chi connectivity index (χ3v) is 3.38. The van der Waals surface area contributed by atoms with Crippen LogP contribution in [-0.4, -0.2) is 23.4 Å². The summed E-state index contributed by atoms with van der Waals surface area (Å²) < 4.78 is 5.33. The van der Waals surface area contributed by atoms with E-state index in [1.807, 2.05) is 20.8 Å². The van der Waals surface area contributed by atoms with Gasteiger partial charge in [-0.1, -0.05) is 20.8 Å². The smallest absolute Gasteiger partial charge is 0.0668 e. The number of aliphatic hydroxyl groups is 1. The Labute approximate surface area is 88.7 Å². The van der Waals surface area contributed by atoms with Crippen molar-refractivity contribution in [3.63, 3.8) is 0 Å². The summed E-state index contributed by atoms with van der Waals surface area (Å²) in [5.41, 5.74) is -0.866. The molecule has 0 radical (unpaired) electrons. The second kappa shape index (κ2) is 4.19. The molecule has 0 aliphatic heterocycles. The van der Waals surface area contributed by atoms with Crippen molar-refractivity contribution < 1.29 is 9.84 Å². The minimum Gasteiger partial charge on any atom is -0.390 e. The van der Waals surface area contributed by atoms with Gasteiger partial charge in [0, 0.05) is 7.11 Å². The summed E-state index contributed by atoms with van der Waals surface area (Å²) in [6.45, 7) is 12.2. The molecule has 0 saturated carbocycles. The Kier molecular flexibility index (Phi) is 4.17. The maximum atomic E-state index is 10.3. The van der Waals surface area contributed by atoms with Crippen molar-refractivity contribution in [1.29, 1.82) is 0 Å². The molecule has 0 aliphatic rings. The zero-order chi connectivity index (χ0) is 11.6. The fraction of sp³-hybridized carbons (Fsp3) is 1.00. The van der Waals surface area contributed by atoms with E-state index in [0.717, 1.165) is 12.8 Å². The maximum absolute atomic E-state index is 10.3. The molecule has 0 bridgehead atoms. The van der Waals surface area contributed by atoms with Crippen LogP contribution in [0.5, 0.6) is 0 Å². The Morgan fingerprint density at radius 1 is 0.929 bits per heavy atom. The first-order chi connectivity index (χ1) is 6.02. The van der Waals surface area contributed by atoms with Crippen molar-refractivity contribution >= 4 is 0 Å². The average molecular weight is 202 g/mol. The summed E-state index contributed by atoms with van der Waals surface area (Å²) in [7, 11) is 1.71. The molecular formula is C12H26O2. The van der Waals surface area contributed by atoms with Crippen LogP contribution in [0.25, 0.3) is 0 Å². The van der Waals surface area contributed by atoms with Gasteiger partial charge in [-0.25, -0.2) is 0 Å². The van der Waals surface area contributed by atoms with Gasteiger partial charge in [-0.3, -0.25) is 0 Å². The van der Waals surface area contributed by atoms with Crippen LogP contribution in [0.4, 0.5) is 0 Å². The third kappa shape index (κ3) is 3.97. The number of hydrogen-bond acceptors (Lipinski definition) is 2. The third-order valence-electron chi connectivity index (χ3n) is 3.38. The molecule has 0 amide bonds. The lowest BCUT2D eigenvalue weighted by Gasteiger charge is -2.39. The van der Waals surface area contributed by atoms with Gasteiger partial charge in [0.15, 0.2) is 0 Å². The summed E-state index contributed by atoms with van der Waals surface area (Å²) in [5.74, 6) is 0. The van der Waals surface area contributed by atoms with Gasteiger partial charge in [0.05, 0.1) is 11.2 Å². The first-order valence-electron chi connectivity index (χ1n) is 5.29. The summed E-state index contributed by atoms with van der Waals surface area (Å²) in [6.07, 6.45) is 1.63. The van der Waals surface area contributed by atoms with E-state index in [4.69, 9.17) is 4.74 Å². The molecule has 0 rings (SSSR count). The minimum absolute atomic E-state index is 0.0865. The summed E-state index contributed by atoms with van der Waals surface area (Å²) in [5, 5.41) is 10.3. The molecule has 0 aromatic heterocycles. The van der Waals surface area contributed by atoms with Gasteiger partial charge in [-0.05, 0) is 39.0 Å². The fourth-order valence-corrected chi connectivity index (χ4v) is 1.02. The monoisotopic (exact) mass is 202 g/mol. The van der Waals surface area contributed by atoms with Crippen LogP contribution < -0.4 is 0 Å². The van der Waals surface area contributed by atoms with E-state index in [2.05, 4.69) is 20.8 Å². The van der Waals surface area contributed by atoms with E-state index in [0.29, 0.717) is 0 Å². The average Bonchev–Trinajstić information content (AvgIpc) is 1.99. The van der Waals surface area contributed by atoms with Crippen LogP contribution in [-0.2, 0) is 4.74 Å². The molecule has 1 N–H and O–H groups in total. The van der Waals surface area contributed by atoms with Crippen molar-refractivity contribution in [2.45, 2.75) is 65.6 Å². The molecule has 0 fully saturated rings. The SMILES string of the molecule is COC(C)(C)CCC(C)(O)C(C)(C)C. The predicted molar refractivity (Wildman–Crippen MR) is 60.4 cm³/mol. The van der Waals surface area contributed by atoms with Crippen molar-refractivity contribution in [2.24, 2.45) is 5.41 Å². The quantitative estimate of drug-likeness (QED) is 0.759. The van der Waals surface area contributed by atoms with E-state index < -0.39 is 5.60 Å². The van der Waals surface area contributed by atoms with Crippen molar-refractivity contribution in [3.8, 4) is 0 Å². The predicted octanol–water partition coefficient (Wildman–Crippen LogP) is 2.99. The Balaban J connectivity index is 4.27. The van der Waals surface area contributed by atoms with Crippen LogP contribution in [0.1, 0.15) is 54.4 Å². The highest BCUT2D eigenvalue weighted by Gasteiger charge is 2.36. The lowest BCUT2D eigenvalue weighted by atomic mass is 9.74. The molecule has 0 aliphatic carbocycles. The molecule has 1 unspecified atom stereocenters. The Hall–Kier alpha value is -0.0800. The molecule has 2 nitrogen and oxygen atoms in total. The Morgan fingerprint density at radius 2 is 1.36 bits per heavy atom. The minimum atomic E-state index is -0.636. The molecule has 0 spiro atoms. The van der Waals surface area contributed by atoms with Gasteiger partial charge in [0.2, 0.25) is 0 Å². The second-order valence-corrected chi connectivity index (χ2v) is 5.99. The molecule has 0 heterocycles. The molecule has 86 valence electrons. The fourth-order valence-electron chi connectivity index (χ4n) is 1.02. The molecule has 1 atom stereocenters. The number of methoxy groups -OCH3 is 1. The van der Waals surface area contributed by atoms with Crippen molar-refractivity contribution in [3.05, 3.63) is 0 Å². The van der Waals surface area contributed by atoms with Gasteiger partial charge in [-0.2, -0.15) is 0 Å². The summed E-state index contributed by atoms with van der Waals surface area (Å²) in [6, 6.07) is 0. The second-order valence-electron chi connectivity index (χ2n) is 5.99. The van der Waals surface area contributed by atoms with E-state index in [1.54, 1.807) is 7.11 Å². The van der Waals surface area contributed by atoms with Gasteiger partial charge >= 0.3 is 0 Å². The van der Waals surface area contributed by atoms with E-state index >= 15 is 0 Å². The highest BCUT2D eigenvalue weighted by atomic mass is 16.5. The lowest BCUT2D eigenvalue weighted by Crippen LogP contribution is -2.41. The summed E-state index contributed by atoms with van der Waals surface area (Å²) >= 11 is 0. The van der Waals surface area contributed by atoms with Gasteiger partial charge in [0.1, 0.15) is 0 Å². The highest BCUT2D eigenvalue weighted by Crippen LogP contribution is 2.35. The molecule has 2 heteroatoms. The Morgan fingerprint density at radius 3 is 1.64 bits per heavy atom. The Bertz CT molecular complexity index is 175. The number of ether oxygens (including phenoxy) is 1. The first kappa shape index (κ1) is 13.9. The standard InChI is InChI=1S/C12H26O2/c1-10(2,3)12(6,13)9-8-11(4,5)14-7/h13H,8-9H2,1-7H3. The van der Waals surface area contributed by atoms with Gasteiger partial charge in [0.25, 0.3) is 0 Å². The van der Waals surface area contributed by atoms with Crippen molar-refractivity contribution in [1.82, 2.24) is 0 Å². The number of rotatable bonds is 4. The van der Waals surface area contributed by atoms with Crippen LogP contribution in [0.2, 0.25) is 0 Å². The largest absolute Gasteiger partial charge is 0.390 e. The van der Waals surface area contributed by atoms with Gasteiger partial charge in [-0.15, -0.1) is 0 Å². The highest BCUT2D eigenvalue weighted by molar-refractivity contribution is 4.88. The van der Waals surface area contributed by atoms with E-state index in [-0.39, 0.29) is 11.0 Å². The van der Waals surface area contributed by atoms with E-state index in [1.165, 1.54) is 0 Å². The molecule has 14 heavy (non-hydrogen) atoms. The van der Waals surface area contributed by atoms with Crippen LogP contribution in [0.3, 0.4) is 0 Å². The zero-order valence-corrected chi connectivity index (χ0v) is 10.8. The normalized spacial score (nSPS) is 18.0. The molecule has 0 aromatic rings. The summed E-state index contributed by atoms with van der Waals surface area (Å²) in [4.78, 5) is 0.